The van der Waals surface area contributed by atoms with Gasteiger partial charge in [-0.15, -0.1) is 0 Å². The average molecular weight is 423 g/mol. The molecule has 4 rings (SSSR count). The number of carbonyl (C=O) groups excluding carboxylic acids is 2. The Bertz CT molecular complexity index is 1090. The first-order valence-corrected chi connectivity index (χ1v) is 11.5. The lowest BCUT2D eigenvalue weighted by Gasteiger charge is -2.26. The second-order valence-corrected chi connectivity index (χ2v) is 8.61. The molecule has 1 aromatic heterocycles. The molecule has 156 valence electrons. The van der Waals surface area contributed by atoms with Crippen LogP contribution in [0.2, 0.25) is 0 Å². The molecular formula is C23H26N4O2S. The van der Waals surface area contributed by atoms with Crippen LogP contribution in [0.1, 0.15) is 41.1 Å². The van der Waals surface area contributed by atoms with Gasteiger partial charge < -0.3 is 14.8 Å². The van der Waals surface area contributed by atoms with Gasteiger partial charge in [0.2, 0.25) is 5.91 Å². The zero-order valence-electron chi connectivity index (χ0n) is 17.5. The van der Waals surface area contributed by atoms with Crippen LogP contribution < -0.4 is 5.32 Å². The van der Waals surface area contributed by atoms with Crippen molar-refractivity contribution in [1.29, 1.82) is 0 Å². The number of hydrogen-bond donors (Lipinski definition) is 1. The smallest absolute Gasteiger partial charge is 0.255 e. The van der Waals surface area contributed by atoms with E-state index in [9.17, 15) is 9.59 Å². The van der Waals surface area contributed by atoms with E-state index >= 15 is 0 Å². The average Bonchev–Trinajstić information content (AvgIpc) is 3.28. The van der Waals surface area contributed by atoms with Crippen LogP contribution in [-0.2, 0) is 18.4 Å². The quantitative estimate of drug-likeness (QED) is 0.633. The summed E-state index contributed by atoms with van der Waals surface area (Å²) in [6, 6.07) is 14.7. The van der Waals surface area contributed by atoms with Crippen molar-refractivity contribution in [3.63, 3.8) is 0 Å². The van der Waals surface area contributed by atoms with Gasteiger partial charge in [-0.05, 0) is 49.1 Å². The van der Waals surface area contributed by atoms with E-state index in [1.165, 1.54) is 0 Å². The number of para-hydroxylation sites is 2. The number of benzene rings is 2. The molecule has 6 nitrogen and oxygen atoms in total. The van der Waals surface area contributed by atoms with Gasteiger partial charge in [0.1, 0.15) is 11.9 Å². The van der Waals surface area contributed by atoms with Crippen molar-refractivity contribution in [3.8, 4) is 0 Å². The molecule has 7 heteroatoms. The van der Waals surface area contributed by atoms with Crippen molar-refractivity contribution in [3.05, 3.63) is 65.5 Å². The molecule has 0 saturated carbocycles. The topological polar surface area (TPSA) is 67.2 Å². The van der Waals surface area contributed by atoms with Crippen molar-refractivity contribution in [2.45, 2.75) is 32.0 Å². The molecule has 1 N–H and O–H groups in total. The van der Waals surface area contributed by atoms with Crippen LogP contribution >= 0.6 is 11.8 Å². The summed E-state index contributed by atoms with van der Waals surface area (Å²) in [7, 11) is 1.98. The lowest BCUT2D eigenvalue weighted by atomic mass is 10.1. The number of thioether (sulfide) groups is 1. The number of hydrogen-bond acceptors (Lipinski definition) is 4. The molecule has 3 aromatic rings. The number of amides is 2. The summed E-state index contributed by atoms with van der Waals surface area (Å²) in [4.78, 5) is 32.3. The fourth-order valence-electron chi connectivity index (χ4n) is 4.00. The Labute approximate surface area is 180 Å². The number of aromatic nitrogens is 2. The van der Waals surface area contributed by atoms with E-state index in [0.29, 0.717) is 12.1 Å². The van der Waals surface area contributed by atoms with Gasteiger partial charge in [-0.3, -0.25) is 9.59 Å². The summed E-state index contributed by atoms with van der Waals surface area (Å²) < 4.78 is 2.04. The Balaban J connectivity index is 1.55. The number of imidazole rings is 1. The van der Waals surface area contributed by atoms with Gasteiger partial charge in [0, 0.05) is 19.2 Å². The van der Waals surface area contributed by atoms with E-state index in [4.69, 9.17) is 4.98 Å². The maximum absolute atomic E-state index is 13.2. The first kappa shape index (κ1) is 20.5. The number of fused-ring (bicyclic) bond motifs is 2. The molecule has 0 aliphatic carbocycles. The summed E-state index contributed by atoms with van der Waals surface area (Å²) in [5.41, 5.74) is 3.61. The molecule has 0 bridgehead atoms. The van der Waals surface area contributed by atoms with Gasteiger partial charge >= 0.3 is 0 Å². The molecular weight excluding hydrogens is 396 g/mol. The highest BCUT2D eigenvalue weighted by Crippen LogP contribution is 2.26. The molecule has 2 amide bonds. The lowest BCUT2D eigenvalue weighted by Crippen LogP contribution is -2.46. The third-order valence-corrected chi connectivity index (χ3v) is 6.40. The molecule has 0 unspecified atom stereocenters. The molecule has 1 aliphatic heterocycles. The minimum absolute atomic E-state index is 0.0864. The van der Waals surface area contributed by atoms with Gasteiger partial charge in [-0.1, -0.05) is 30.3 Å². The SMILES string of the molecule is CSCC[C@@H](NC(=O)[C@@H](C)N1Cc2ccccc2C1=O)c1nc2ccccc2n1C. The Morgan fingerprint density at radius 2 is 1.93 bits per heavy atom. The van der Waals surface area contributed by atoms with Crippen LogP contribution in [0.5, 0.6) is 0 Å². The molecule has 1 aliphatic rings. The molecule has 0 radical (unpaired) electrons. The minimum Gasteiger partial charge on any atom is -0.344 e. The van der Waals surface area contributed by atoms with Crippen LogP contribution in [0.15, 0.2) is 48.5 Å². The van der Waals surface area contributed by atoms with Crippen molar-refractivity contribution in [2.24, 2.45) is 7.05 Å². The summed E-state index contributed by atoms with van der Waals surface area (Å²) in [5, 5.41) is 3.16. The van der Waals surface area contributed by atoms with Gasteiger partial charge in [0.15, 0.2) is 0 Å². The normalized spacial score (nSPS) is 15.3. The number of carbonyl (C=O) groups is 2. The highest BCUT2D eigenvalue weighted by Gasteiger charge is 2.34. The van der Waals surface area contributed by atoms with Crippen molar-refractivity contribution >= 4 is 34.6 Å². The molecule has 2 aromatic carbocycles. The van der Waals surface area contributed by atoms with Crippen molar-refractivity contribution in [2.75, 3.05) is 12.0 Å². The number of aryl methyl sites for hydroxylation is 1. The third-order valence-electron chi connectivity index (χ3n) is 5.76. The van der Waals surface area contributed by atoms with E-state index < -0.39 is 6.04 Å². The number of rotatable bonds is 7. The fraction of sp³-hybridized carbons (Fsp3) is 0.348. The second kappa shape index (κ2) is 8.52. The minimum atomic E-state index is -0.559. The van der Waals surface area contributed by atoms with Crippen LogP contribution in [0.4, 0.5) is 0 Å². The van der Waals surface area contributed by atoms with Gasteiger partial charge in [0.25, 0.3) is 5.91 Å². The van der Waals surface area contributed by atoms with Crippen molar-refractivity contribution in [1.82, 2.24) is 19.8 Å². The van der Waals surface area contributed by atoms with Crippen LogP contribution in [0.25, 0.3) is 11.0 Å². The summed E-state index contributed by atoms with van der Waals surface area (Å²) >= 11 is 1.74. The molecule has 2 atom stereocenters. The zero-order valence-corrected chi connectivity index (χ0v) is 18.3. The van der Waals surface area contributed by atoms with E-state index in [2.05, 4.69) is 11.6 Å². The predicted octanol–water partition coefficient (Wildman–Crippen LogP) is 3.53. The zero-order chi connectivity index (χ0) is 21.3. The van der Waals surface area contributed by atoms with Gasteiger partial charge in [-0.25, -0.2) is 4.98 Å². The fourth-order valence-corrected chi connectivity index (χ4v) is 4.47. The van der Waals surface area contributed by atoms with Gasteiger partial charge in [-0.2, -0.15) is 11.8 Å². The van der Waals surface area contributed by atoms with Crippen LogP contribution in [0.3, 0.4) is 0 Å². The van der Waals surface area contributed by atoms with E-state index in [1.54, 1.807) is 23.6 Å². The largest absolute Gasteiger partial charge is 0.344 e. The summed E-state index contributed by atoms with van der Waals surface area (Å²) in [6.07, 6.45) is 2.82. The number of nitrogens with zero attached hydrogens (tertiary/aromatic N) is 3. The first-order valence-electron chi connectivity index (χ1n) is 10.1. The van der Waals surface area contributed by atoms with Gasteiger partial charge in [0.05, 0.1) is 17.1 Å². The maximum atomic E-state index is 13.2. The van der Waals surface area contributed by atoms with E-state index in [1.807, 2.05) is 60.1 Å². The van der Waals surface area contributed by atoms with E-state index in [0.717, 1.165) is 34.6 Å². The van der Waals surface area contributed by atoms with E-state index in [-0.39, 0.29) is 17.9 Å². The summed E-state index contributed by atoms with van der Waals surface area (Å²) in [6.45, 7) is 2.25. The second-order valence-electron chi connectivity index (χ2n) is 7.63. The standard InChI is InChI=1S/C23H26N4O2S/c1-15(27-14-16-8-4-5-9-17(16)23(27)29)22(28)25-19(12-13-30-3)21-24-18-10-6-7-11-20(18)26(21)2/h4-11,15,19H,12-14H2,1-3H3,(H,25,28)/t15-,19-/m1/s1. The van der Waals surface area contributed by atoms with Crippen LogP contribution in [-0.4, -0.2) is 44.3 Å². The maximum Gasteiger partial charge on any atom is 0.255 e. The highest BCUT2D eigenvalue weighted by molar-refractivity contribution is 7.98. The monoisotopic (exact) mass is 422 g/mol. The Morgan fingerprint density at radius 1 is 1.20 bits per heavy atom. The van der Waals surface area contributed by atoms with Crippen molar-refractivity contribution < 1.29 is 9.59 Å². The molecule has 30 heavy (non-hydrogen) atoms. The Hall–Kier alpha value is -2.80. The Morgan fingerprint density at radius 3 is 2.67 bits per heavy atom. The van der Waals surface area contributed by atoms with Crippen LogP contribution in [0, 0.1) is 0 Å². The molecule has 0 spiro atoms. The summed E-state index contributed by atoms with van der Waals surface area (Å²) in [5.74, 6) is 1.49. The molecule has 2 heterocycles. The highest BCUT2D eigenvalue weighted by atomic mass is 32.2. The third kappa shape index (κ3) is 3.69. The predicted molar refractivity (Wildman–Crippen MR) is 120 cm³/mol. The molecule has 0 fully saturated rings. The molecule has 0 saturated heterocycles. The Kier molecular flexibility index (Phi) is 5.81. The number of nitrogens with one attached hydrogen (secondary N) is 1. The first-order chi connectivity index (χ1) is 14.5. The lowest BCUT2D eigenvalue weighted by molar-refractivity contribution is -0.126.